The van der Waals surface area contributed by atoms with Crippen molar-refractivity contribution in [3.05, 3.63) is 78.9 Å². The Labute approximate surface area is 184 Å². The second-order valence-corrected chi connectivity index (χ2v) is 7.22. The summed E-state index contributed by atoms with van der Waals surface area (Å²) in [4.78, 5) is 2.19. The number of ether oxygens (including phenoxy) is 2. The smallest absolute Gasteiger partial charge is 0.119 e. The third-order valence-electron chi connectivity index (χ3n) is 4.85. The first-order valence-electron chi connectivity index (χ1n) is 10.8. The number of aliphatic hydroxyl groups is 2. The first-order chi connectivity index (χ1) is 15.3. The van der Waals surface area contributed by atoms with Crippen molar-refractivity contribution in [1.29, 1.82) is 0 Å². The van der Waals surface area contributed by atoms with Gasteiger partial charge in [-0.3, -0.25) is 0 Å². The van der Waals surface area contributed by atoms with Gasteiger partial charge in [-0.2, -0.15) is 0 Å². The zero-order valence-corrected chi connectivity index (χ0v) is 17.8. The molecule has 3 aromatic rings. The lowest BCUT2D eigenvalue weighted by Gasteiger charge is -2.25. The van der Waals surface area contributed by atoms with E-state index in [2.05, 4.69) is 17.0 Å². The number of rotatable bonds is 13. The number of nitrogens with zero attached hydrogens (tertiary/aromatic N) is 1. The van der Waals surface area contributed by atoms with E-state index in [4.69, 9.17) is 19.7 Å². The highest BCUT2D eigenvalue weighted by molar-refractivity contribution is 5.76. The Kier molecular flexibility index (Phi) is 9.23. The van der Waals surface area contributed by atoms with Crippen molar-refractivity contribution in [2.24, 2.45) is 0 Å². The van der Waals surface area contributed by atoms with Crippen molar-refractivity contribution in [1.82, 2.24) is 0 Å². The number of hydrogen-bond donors (Lipinski definition) is 2. The normalized spacial score (nSPS) is 10.6. The Hall–Kier alpha value is -3.02. The highest BCUT2D eigenvalue weighted by Gasteiger charge is 2.12. The van der Waals surface area contributed by atoms with E-state index in [1.54, 1.807) is 0 Å². The van der Waals surface area contributed by atoms with Crippen LogP contribution in [0.25, 0.3) is 0 Å². The van der Waals surface area contributed by atoms with Crippen molar-refractivity contribution in [2.45, 2.75) is 25.7 Å². The van der Waals surface area contributed by atoms with Crippen LogP contribution in [0.1, 0.15) is 25.7 Å². The average molecular weight is 422 g/mol. The molecule has 0 bridgehead atoms. The molecule has 0 fully saturated rings. The lowest BCUT2D eigenvalue weighted by Crippen LogP contribution is -2.10. The van der Waals surface area contributed by atoms with Crippen molar-refractivity contribution in [2.75, 3.05) is 31.3 Å². The van der Waals surface area contributed by atoms with Crippen LogP contribution in [0.2, 0.25) is 0 Å². The molecule has 5 nitrogen and oxygen atoms in total. The largest absolute Gasteiger partial charge is 0.494 e. The molecular weight excluding hydrogens is 390 g/mol. The van der Waals surface area contributed by atoms with Crippen LogP contribution in [0.3, 0.4) is 0 Å². The van der Waals surface area contributed by atoms with Gasteiger partial charge in [-0.05, 0) is 86.3 Å². The minimum Gasteiger partial charge on any atom is -0.494 e. The fraction of sp³-hybridized carbons (Fsp3) is 0.308. The number of anilines is 3. The lowest BCUT2D eigenvalue weighted by atomic mass is 10.2. The molecular formula is C26H31NO4. The summed E-state index contributed by atoms with van der Waals surface area (Å²) in [5.74, 6) is 1.64. The van der Waals surface area contributed by atoms with Gasteiger partial charge in [0.05, 0.1) is 13.2 Å². The second-order valence-electron chi connectivity index (χ2n) is 7.22. The van der Waals surface area contributed by atoms with Crippen LogP contribution in [-0.2, 0) is 0 Å². The lowest BCUT2D eigenvalue weighted by molar-refractivity contribution is 0.253. The standard InChI is InChI=1S/C26H31NO4/c28-18-4-6-20-30-25-14-10-23(11-15-25)27(22-8-2-1-3-9-22)24-12-16-26(17-13-24)31-21-7-5-19-29/h1-3,8-17,28-29H,4-7,18-21H2. The number of unbranched alkanes of at least 4 members (excludes halogenated alkanes) is 2. The molecule has 0 aliphatic carbocycles. The molecule has 0 aliphatic heterocycles. The zero-order valence-electron chi connectivity index (χ0n) is 17.8. The van der Waals surface area contributed by atoms with Gasteiger partial charge in [-0.25, -0.2) is 0 Å². The van der Waals surface area contributed by atoms with Crippen LogP contribution in [-0.4, -0.2) is 36.6 Å². The maximum atomic E-state index is 8.88. The molecule has 164 valence electrons. The number of hydrogen-bond acceptors (Lipinski definition) is 5. The summed E-state index contributed by atoms with van der Waals surface area (Å²) in [5, 5.41) is 17.8. The molecule has 3 rings (SSSR count). The molecule has 0 heterocycles. The van der Waals surface area contributed by atoms with Gasteiger partial charge >= 0.3 is 0 Å². The van der Waals surface area contributed by atoms with Gasteiger partial charge < -0.3 is 24.6 Å². The van der Waals surface area contributed by atoms with E-state index < -0.39 is 0 Å². The summed E-state index contributed by atoms with van der Waals surface area (Å²) in [7, 11) is 0. The molecule has 3 aromatic carbocycles. The van der Waals surface area contributed by atoms with Gasteiger partial charge in [-0.1, -0.05) is 18.2 Å². The van der Waals surface area contributed by atoms with Crippen LogP contribution >= 0.6 is 0 Å². The molecule has 0 atom stereocenters. The Morgan fingerprint density at radius 1 is 0.516 bits per heavy atom. The predicted molar refractivity (Wildman–Crippen MR) is 125 cm³/mol. The van der Waals surface area contributed by atoms with Gasteiger partial charge in [0.2, 0.25) is 0 Å². The van der Waals surface area contributed by atoms with Crippen LogP contribution in [0.5, 0.6) is 11.5 Å². The van der Waals surface area contributed by atoms with E-state index in [-0.39, 0.29) is 13.2 Å². The highest BCUT2D eigenvalue weighted by Crippen LogP contribution is 2.35. The van der Waals surface area contributed by atoms with E-state index in [0.717, 1.165) is 54.2 Å². The van der Waals surface area contributed by atoms with Crippen LogP contribution in [0.4, 0.5) is 17.1 Å². The van der Waals surface area contributed by atoms with Crippen LogP contribution in [0, 0.1) is 0 Å². The number of benzene rings is 3. The maximum Gasteiger partial charge on any atom is 0.119 e. The van der Waals surface area contributed by atoms with Gasteiger partial charge in [-0.15, -0.1) is 0 Å². The first-order valence-corrected chi connectivity index (χ1v) is 10.8. The van der Waals surface area contributed by atoms with Gasteiger partial charge in [0.15, 0.2) is 0 Å². The molecule has 0 amide bonds. The third-order valence-corrected chi connectivity index (χ3v) is 4.85. The molecule has 31 heavy (non-hydrogen) atoms. The minimum atomic E-state index is 0.195. The van der Waals surface area contributed by atoms with E-state index in [0.29, 0.717) is 13.2 Å². The van der Waals surface area contributed by atoms with Crippen molar-refractivity contribution >= 4 is 17.1 Å². The molecule has 0 aromatic heterocycles. The van der Waals surface area contributed by atoms with E-state index in [1.165, 1.54) is 0 Å². The highest BCUT2D eigenvalue weighted by atomic mass is 16.5. The van der Waals surface area contributed by atoms with Crippen molar-refractivity contribution in [3.8, 4) is 11.5 Å². The van der Waals surface area contributed by atoms with Crippen molar-refractivity contribution in [3.63, 3.8) is 0 Å². The predicted octanol–water partition coefficient (Wildman–Crippen LogP) is 5.46. The third kappa shape index (κ3) is 7.02. The molecule has 0 aliphatic rings. The van der Waals surface area contributed by atoms with E-state index in [1.807, 2.05) is 66.7 Å². The topological polar surface area (TPSA) is 62.2 Å². The summed E-state index contributed by atoms with van der Waals surface area (Å²) in [6.07, 6.45) is 3.17. The van der Waals surface area contributed by atoms with Crippen LogP contribution in [0.15, 0.2) is 78.9 Å². The molecule has 2 N–H and O–H groups in total. The van der Waals surface area contributed by atoms with Gasteiger partial charge in [0.25, 0.3) is 0 Å². The van der Waals surface area contributed by atoms with Crippen LogP contribution < -0.4 is 14.4 Å². The Balaban J connectivity index is 1.75. The molecule has 0 spiro atoms. The monoisotopic (exact) mass is 421 g/mol. The number of para-hydroxylation sites is 1. The summed E-state index contributed by atoms with van der Waals surface area (Å²) >= 11 is 0. The Morgan fingerprint density at radius 3 is 1.35 bits per heavy atom. The fourth-order valence-electron chi connectivity index (χ4n) is 3.21. The minimum absolute atomic E-state index is 0.195. The maximum absolute atomic E-state index is 8.88. The SMILES string of the molecule is OCCCCOc1ccc(N(c2ccccc2)c2ccc(OCCCCO)cc2)cc1. The van der Waals surface area contributed by atoms with Crippen molar-refractivity contribution < 1.29 is 19.7 Å². The second kappa shape index (κ2) is 12.6. The summed E-state index contributed by atoms with van der Waals surface area (Å²) in [5.41, 5.74) is 3.13. The molecule has 5 heteroatoms. The van der Waals surface area contributed by atoms with E-state index >= 15 is 0 Å². The molecule has 0 radical (unpaired) electrons. The summed E-state index contributed by atoms with van der Waals surface area (Å²) < 4.78 is 11.5. The van der Waals surface area contributed by atoms with Gasteiger partial charge in [0.1, 0.15) is 11.5 Å². The summed E-state index contributed by atoms with van der Waals surface area (Å²) in [6, 6.07) is 26.3. The van der Waals surface area contributed by atoms with Gasteiger partial charge in [0, 0.05) is 30.3 Å². The number of aliphatic hydroxyl groups excluding tert-OH is 2. The molecule has 0 saturated heterocycles. The quantitative estimate of drug-likeness (QED) is 0.359. The average Bonchev–Trinajstić information content (AvgIpc) is 2.82. The first kappa shape index (κ1) is 22.7. The fourth-order valence-corrected chi connectivity index (χ4v) is 3.21. The Bertz CT molecular complexity index is 811. The Morgan fingerprint density at radius 2 is 0.935 bits per heavy atom. The molecule has 0 unspecified atom stereocenters. The zero-order chi connectivity index (χ0) is 21.7. The molecule has 0 saturated carbocycles. The summed E-state index contributed by atoms with van der Waals surface area (Å²) in [6.45, 7) is 1.59. The van der Waals surface area contributed by atoms with E-state index in [9.17, 15) is 0 Å².